The topological polar surface area (TPSA) is 52.2 Å². The molecule has 0 unspecified atom stereocenters. The van der Waals surface area contributed by atoms with Gasteiger partial charge < -0.3 is 0 Å². The van der Waals surface area contributed by atoms with Gasteiger partial charge >= 0.3 is 0 Å². The molecule has 0 radical (unpaired) electrons. The molecular formula is C22H22N4OS2. The number of hydrogen-bond acceptors (Lipinski definition) is 5. The number of thiophene rings is 1. The van der Waals surface area contributed by atoms with Crippen molar-refractivity contribution in [3.63, 3.8) is 0 Å². The highest BCUT2D eigenvalue weighted by molar-refractivity contribution is 7.99. The Morgan fingerprint density at radius 1 is 1.24 bits per heavy atom. The molecule has 5 rings (SSSR count). The van der Waals surface area contributed by atoms with E-state index in [1.165, 1.54) is 16.9 Å². The van der Waals surface area contributed by atoms with Gasteiger partial charge in [-0.05, 0) is 56.7 Å². The Bertz CT molecular complexity index is 1330. The van der Waals surface area contributed by atoms with Gasteiger partial charge in [-0.3, -0.25) is 4.79 Å². The molecule has 0 spiro atoms. The summed E-state index contributed by atoms with van der Waals surface area (Å²) in [6.45, 7) is 8.05. The first-order valence-corrected chi connectivity index (χ1v) is 11.6. The Morgan fingerprint density at radius 2 is 2.03 bits per heavy atom. The van der Waals surface area contributed by atoms with Gasteiger partial charge in [0, 0.05) is 10.6 Å². The predicted octanol–water partition coefficient (Wildman–Crippen LogP) is 4.95. The fourth-order valence-corrected chi connectivity index (χ4v) is 6.24. The molecule has 0 aliphatic heterocycles. The second-order valence-electron chi connectivity index (χ2n) is 7.68. The lowest BCUT2D eigenvalue weighted by atomic mass is 9.97. The summed E-state index contributed by atoms with van der Waals surface area (Å²) < 4.78 is 3.83. The van der Waals surface area contributed by atoms with Gasteiger partial charge in [-0.2, -0.15) is 0 Å². The van der Waals surface area contributed by atoms with Crippen LogP contribution in [-0.4, -0.2) is 24.9 Å². The van der Waals surface area contributed by atoms with Crippen molar-refractivity contribution in [1.29, 1.82) is 0 Å². The highest BCUT2D eigenvalue weighted by atomic mass is 32.2. The van der Waals surface area contributed by atoms with E-state index in [4.69, 9.17) is 0 Å². The molecule has 0 N–H and O–H groups in total. The standard InChI is InChI=1S/C22H22N4OS2/c1-13(2)12-28-22-24-23-21-25(16-10-6-4-8-14(16)3)19(27)18-15-9-5-7-11-17(15)29-20(18)26(21)22/h4,6,8,10H,1,5,7,9,11-12H2,2-3H3. The Balaban J connectivity index is 1.91. The minimum Gasteiger partial charge on any atom is -0.268 e. The van der Waals surface area contributed by atoms with Gasteiger partial charge in [0.1, 0.15) is 4.83 Å². The number of aromatic nitrogens is 4. The minimum absolute atomic E-state index is 0.0186. The predicted molar refractivity (Wildman–Crippen MR) is 121 cm³/mol. The highest BCUT2D eigenvalue weighted by Crippen LogP contribution is 2.37. The van der Waals surface area contributed by atoms with Crippen LogP contribution < -0.4 is 5.56 Å². The van der Waals surface area contributed by atoms with Crippen molar-refractivity contribution < 1.29 is 0 Å². The second kappa shape index (κ2) is 7.15. The second-order valence-corrected chi connectivity index (χ2v) is 9.71. The van der Waals surface area contributed by atoms with E-state index < -0.39 is 0 Å². The van der Waals surface area contributed by atoms with Crippen LogP contribution in [0, 0.1) is 6.92 Å². The zero-order valence-electron chi connectivity index (χ0n) is 16.6. The van der Waals surface area contributed by atoms with Crippen LogP contribution in [0.4, 0.5) is 0 Å². The molecule has 0 saturated carbocycles. The van der Waals surface area contributed by atoms with Crippen molar-refractivity contribution in [3.8, 4) is 5.69 Å². The minimum atomic E-state index is 0.0186. The van der Waals surface area contributed by atoms with Gasteiger partial charge in [0.25, 0.3) is 5.56 Å². The first kappa shape index (κ1) is 18.6. The van der Waals surface area contributed by atoms with E-state index in [-0.39, 0.29) is 5.56 Å². The van der Waals surface area contributed by atoms with Crippen LogP contribution in [0.1, 0.15) is 35.8 Å². The lowest BCUT2D eigenvalue weighted by Gasteiger charge is -2.13. The number of thioether (sulfide) groups is 1. The van der Waals surface area contributed by atoms with E-state index in [1.54, 1.807) is 27.7 Å². The Morgan fingerprint density at radius 3 is 2.83 bits per heavy atom. The van der Waals surface area contributed by atoms with Crippen LogP contribution in [0.15, 0.2) is 46.4 Å². The summed E-state index contributed by atoms with van der Waals surface area (Å²) in [4.78, 5) is 16.1. The van der Waals surface area contributed by atoms with E-state index >= 15 is 0 Å². The molecule has 0 atom stereocenters. The third kappa shape index (κ3) is 2.95. The van der Waals surface area contributed by atoms with Crippen molar-refractivity contribution in [2.24, 2.45) is 0 Å². The van der Waals surface area contributed by atoms with Crippen molar-refractivity contribution >= 4 is 39.1 Å². The first-order valence-electron chi connectivity index (χ1n) is 9.84. The van der Waals surface area contributed by atoms with Gasteiger partial charge in [-0.1, -0.05) is 42.1 Å². The van der Waals surface area contributed by atoms with Crippen LogP contribution in [0.5, 0.6) is 0 Å². The third-order valence-electron chi connectivity index (χ3n) is 5.39. The number of aryl methyl sites for hydroxylation is 3. The Kier molecular flexibility index (Phi) is 4.59. The van der Waals surface area contributed by atoms with Gasteiger partial charge in [-0.15, -0.1) is 21.5 Å². The molecule has 7 heteroatoms. The molecule has 148 valence electrons. The molecule has 1 aliphatic carbocycles. The fraction of sp³-hybridized carbons (Fsp3) is 0.318. The summed E-state index contributed by atoms with van der Waals surface area (Å²) in [5.74, 6) is 1.36. The van der Waals surface area contributed by atoms with Crippen LogP contribution in [0.25, 0.3) is 21.7 Å². The average molecular weight is 423 g/mol. The Labute approximate surface area is 177 Å². The van der Waals surface area contributed by atoms with E-state index in [1.807, 2.05) is 38.1 Å². The smallest absolute Gasteiger partial charge is 0.268 e. The number of benzene rings is 1. The zero-order chi connectivity index (χ0) is 20.1. The monoisotopic (exact) mass is 422 g/mol. The summed E-state index contributed by atoms with van der Waals surface area (Å²) in [6.07, 6.45) is 4.35. The third-order valence-corrected chi connectivity index (χ3v) is 7.83. The van der Waals surface area contributed by atoms with Crippen LogP contribution in [0.2, 0.25) is 0 Å². The van der Waals surface area contributed by atoms with Crippen LogP contribution in [-0.2, 0) is 12.8 Å². The zero-order valence-corrected chi connectivity index (χ0v) is 18.2. The molecule has 4 aromatic rings. The molecule has 0 amide bonds. The normalized spacial score (nSPS) is 13.9. The van der Waals surface area contributed by atoms with E-state index in [0.29, 0.717) is 5.78 Å². The molecule has 1 aliphatic rings. The maximum atomic E-state index is 13.8. The fourth-order valence-electron chi connectivity index (χ4n) is 4.03. The molecule has 3 aromatic heterocycles. The summed E-state index contributed by atoms with van der Waals surface area (Å²) in [6, 6.07) is 7.96. The van der Waals surface area contributed by atoms with E-state index in [0.717, 1.165) is 57.2 Å². The number of nitrogens with zero attached hydrogens (tertiary/aromatic N) is 4. The van der Waals surface area contributed by atoms with Gasteiger partial charge in [-0.25, -0.2) is 8.97 Å². The molecule has 29 heavy (non-hydrogen) atoms. The van der Waals surface area contributed by atoms with Crippen molar-refractivity contribution in [1.82, 2.24) is 19.2 Å². The van der Waals surface area contributed by atoms with E-state index in [9.17, 15) is 4.79 Å². The number of rotatable bonds is 4. The van der Waals surface area contributed by atoms with Gasteiger partial charge in [0.15, 0.2) is 5.16 Å². The summed E-state index contributed by atoms with van der Waals surface area (Å²) in [5.41, 5.74) is 4.24. The molecule has 5 nitrogen and oxygen atoms in total. The Hall–Kier alpha value is -2.38. The van der Waals surface area contributed by atoms with E-state index in [2.05, 4.69) is 21.2 Å². The van der Waals surface area contributed by atoms with Crippen molar-refractivity contribution in [2.75, 3.05) is 5.75 Å². The molecule has 1 aromatic carbocycles. The first-order chi connectivity index (χ1) is 14.1. The highest BCUT2D eigenvalue weighted by Gasteiger charge is 2.25. The van der Waals surface area contributed by atoms with Crippen molar-refractivity contribution in [3.05, 3.63) is 62.8 Å². The molecular weight excluding hydrogens is 400 g/mol. The van der Waals surface area contributed by atoms with Crippen molar-refractivity contribution in [2.45, 2.75) is 44.7 Å². The quantitative estimate of drug-likeness (QED) is 0.345. The maximum Gasteiger partial charge on any atom is 0.268 e. The number of hydrogen-bond donors (Lipinski definition) is 0. The van der Waals surface area contributed by atoms with Gasteiger partial charge in [0.2, 0.25) is 5.78 Å². The summed E-state index contributed by atoms with van der Waals surface area (Å²) in [7, 11) is 0. The summed E-state index contributed by atoms with van der Waals surface area (Å²) >= 11 is 3.36. The maximum absolute atomic E-state index is 13.8. The van der Waals surface area contributed by atoms with Gasteiger partial charge in [0.05, 0.1) is 11.1 Å². The number of para-hydroxylation sites is 1. The summed E-state index contributed by atoms with van der Waals surface area (Å²) in [5, 5.41) is 10.6. The van der Waals surface area contributed by atoms with Crippen LogP contribution >= 0.6 is 23.1 Å². The number of fused-ring (bicyclic) bond motifs is 5. The lowest BCUT2D eigenvalue weighted by molar-refractivity contribution is 0.699. The van der Waals surface area contributed by atoms with Crippen LogP contribution in [0.3, 0.4) is 0 Å². The largest absolute Gasteiger partial charge is 0.268 e. The average Bonchev–Trinajstić information content (AvgIpc) is 3.29. The SMILES string of the molecule is C=C(C)CSc1nnc2n(-c3ccccc3C)c(=O)c3c4c(sc3n12)CCCC4. The molecule has 3 heterocycles. The molecule has 0 fully saturated rings. The lowest BCUT2D eigenvalue weighted by Crippen LogP contribution is -2.23. The molecule has 0 saturated heterocycles. The molecule has 0 bridgehead atoms.